The Hall–Kier alpha value is -1.14. The van der Waals surface area contributed by atoms with Crippen molar-refractivity contribution in [1.29, 1.82) is 0 Å². The van der Waals surface area contributed by atoms with Gasteiger partial charge in [-0.2, -0.15) is 0 Å². The van der Waals surface area contributed by atoms with Gasteiger partial charge in [0.15, 0.2) is 0 Å². The van der Waals surface area contributed by atoms with Crippen LogP contribution in [0.25, 0.3) is 0 Å². The van der Waals surface area contributed by atoms with Crippen molar-refractivity contribution in [3.8, 4) is 0 Å². The van der Waals surface area contributed by atoms with E-state index in [9.17, 15) is 14.7 Å². The summed E-state index contributed by atoms with van der Waals surface area (Å²) >= 11 is 0. The second kappa shape index (κ2) is 5.27. The van der Waals surface area contributed by atoms with Gasteiger partial charge in [-0.25, -0.2) is 4.79 Å². The van der Waals surface area contributed by atoms with Crippen LogP contribution in [0.4, 0.5) is 0 Å². The summed E-state index contributed by atoms with van der Waals surface area (Å²) in [5, 5.41) is 18.3. The van der Waals surface area contributed by atoms with Crippen LogP contribution >= 0.6 is 0 Å². The first kappa shape index (κ1) is 12.9. The summed E-state index contributed by atoms with van der Waals surface area (Å²) in [7, 11) is 0. The highest BCUT2D eigenvalue weighted by Crippen LogP contribution is 2.19. The molecule has 0 bridgehead atoms. The van der Waals surface area contributed by atoms with Crippen molar-refractivity contribution in [2.24, 2.45) is 5.73 Å². The largest absolute Gasteiger partial charge is 0.480 e. The molecule has 0 radical (unpaired) electrons. The Morgan fingerprint density at radius 1 is 1.56 bits per heavy atom. The molecule has 1 aliphatic rings. The SMILES string of the molecule is CCCC(N)C(=O)N1CC(O)CC1C(=O)O. The highest BCUT2D eigenvalue weighted by atomic mass is 16.4. The molecular formula is C10H18N2O4. The second-order valence-electron chi connectivity index (χ2n) is 4.13. The van der Waals surface area contributed by atoms with Crippen LogP contribution in [-0.2, 0) is 9.59 Å². The third-order valence-electron chi connectivity index (χ3n) is 2.76. The Bertz CT molecular complexity index is 282. The Balaban J connectivity index is 2.70. The second-order valence-corrected chi connectivity index (χ2v) is 4.13. The van der Waals surface area contributed by atoms with Crippen molar-refractivity contribution < 1.29 is 19.8 Å². The van der Waals surface area contributed by atoms with Gasteiger partial charge in [-0.1, -0.05) is 13.3 Å². The van der Waals surface area contributed by atoms with Crippen LogP contribution < -0.4 is 5.73 Å². The fourth-order valence-electron chi connectivity index (χ4n) is 1.94. The number of hydrogen-bond acceptors (Lipinski definition) is 4. The van der Waals surface area contributed by atoms with Gasteiger partial charge in [0.1, 0.15) is 6.04 Å². The zero-order chi connectivity index (χ0) is 12.3. The van der Waals surface area contributed by atoms with Crippen LogP contribution in [0.2, 0.25) is 0 Å². The minimum atomic E-state index is -1.09. The smallest absolute Gasteiger partial charge is 0.326 e. The fraction of sp³-hybridized carbons (Fsp3) is 0.800. The summed E-state index contributed by atoms with van der Waals surface area (Å²) in [5.41, 5.74) is 5.65. The van der Waals surface area contributed by atoms with E-state index >= 15 is 0 Å². The average Bonchev–Trinajstić information content (AvgIpc) is 2.59. The van der Waals surface area contributed by atoms with Crippen molar-refractivity contribution in [2.75, 3.05) is 6.54 Å². The standard InChI is InChI=1S/C10H18N2O4/c1-2-3-7(11)9(14)12-5-6(13)4-8(12)10(15)16/h6-8,13H,2-5,11H2,1H3,(H,15,16). The molecule has 1 amide bonds. The maximum atomic E-state index is 11.8. The Morgan fingerprint density at radius 2 is 2.19 bits per heavy atom. The van der Waals surface area contributed by atoms with Crippen LogP contribution in [0.1, 0.15) is 26.2 Å². The number of hydrogen-bond donors (Lipinski definition) is 3. The molecule has 0 aromatic rings. The zero-order valence-electron chi connectivity index (χ0n) is 9.30. The molecule has 1 saturated heterocycles. The quantitative estimate of drug-likeness (QED) is 0.584. The minimum absolute atomic E-state index is 0.0627. The molecule has 4 N–H and O–H groups in total. The minimum Gasteiger partial charge on any atom is -0.480 e. The molecule has 3 atom stereocenters. The van der Waals surface area contributed by atoms with Gasteiger partial charge in [0.05, 0.1) is 12.1 Å². The molecule has 92 valence electrons. The first-order valence-corrected chi connectivity index (χ1v) is 5.44. The van der Waals surface area contributed by atoms with Gasteiger partial charge in [-0.05, 0) is 6.42 Å². The van der Waals surface area contributed by atoms with E-state index in [1.54, 1.807) is 0 Å². The molecule has 0 saturated carbocycles. The van der Waals surface area contributed by atoms with E-state index in [4.69, 9.17) is 10.8 Å². The topological polar surface area (TPSA) is 104 Å². The zero-order valence-corrected chi connectivity index (χ0v) is 9.30. The number of β-amino-alcohol motifs (C(OH)–C–C–N with tert-alkyl or cyclic N) is 1. The first-order valence-electron chi connectivity index (χ1n) is 5.44. The van der Waals surface area contributed by atoms with E-state index < -0.39 is 24.2 Å². The summed E-state index contributed by atoms with van der Waals surface area (Å²) in [5.74, 6) is -1.47. The van der Waals surface area contributed by atoms with Crippen LogP contribution in [-0.4, -0.2) is 51.7 Å². The van der Waals surface area contributed by atoms with Gasteiger partial charge in [-0.3, -0.25) is 4.79 Å². The number of nitrogens with zero attached hydrogens (tertiary/aromatic N) is 1. The number of aliphatic carboxylic acids is 1. The van der Waals surface area contributed by atoms with Crippen molar-refractivity contribution in [3.63, 3.8) is 0 Å². The van der Waals surface area contributed by atoms with E-state index in [1.165, 1.54) is 4.90 Å². The molecule has 0 aliphatic carbocycles. The number of aliphatic hydroxyl groups excluding tert-OH is 1. The van der Waals surface area contributed by atoms with Gasteiger partial charge in [-0.15, -0.1) is 0 Å². The molecule has 16 heavy (non-hydrogen) atoms. The normalized spacial score (nSPS) is 26.8. The summed E-state index contributed by atoms with van der Waals surface area (Å²) < 4.78 is 0. The number of aliphatic hydroxyl groups is 1. The molecule has 3 unspecified atom stereocenters. The number of rotatable bonds is 4. The first-order chi connectivity index (χ1) is 7.47. The lowest BCUT2D eigenvalue weighted by Crippen LogP contribution is -2.48. The fourth-order valence-corrected chi connectivity index (χ4v) is 1.94. The molecule has 1 rings (SSSR count). The van der Waals surface area contributed by atoms with E-state index in [0.29, 0.717) is 6.42 Å². The lowest BCUT2D eigenvalue weighted by Gasteiger charge is -2.24. The monoisotopic (exact) mass is 230 g/mol. The van der Waals surface area contributed by atoms with Gasteiger partial charge in [0, 0.05) is 13.0 Å². The van der Waals surface area contributed by atoms with Crippen LogP contribution in [0, 0.1) is 0 Å². The summed E-state index contributed by atoms with van der Waals surface area (Å²) in [6, 6.07) is -1.61. The molecular weight excluding hydrogens is 212 g/mol. The molecule has 1 heterocycles. The third kappa shape index (κ3) is 2.70. The summed E-state index contributed by atoms with van der Waals surface area (Å²) in [4.78, 5) is 23.9. The van der Waals surface area contributed by atoms with E-state index in [2.05, 4.69) is 0 Å². The number of carboxylic acids is 1. The third-order valence-corrected chi connectivity index (χ3v) is 2.76. The molecule has 1 aliphatic heterocycles. The average molecular weight is 230 g/mol. The predicted octanol–water partition coefficient (Wildman–Crippen LogP) is -0.840. The molecule has 6 nitrogen and oxygen atoms in total. The summed E-state index contributed by atoms with van der Waals surface area (Å²) in [6.07, 6.45) is 0.609. The Labute approximate surface area is 94.0 Å². The van der Waals surface area contributed by atoms with Crippen molar-refractivity contribution in [1.82, 2.24) is 4.90 Å². The van der Waals surface area contributed by atoms with Gasteiger partial charge in [0.2, 0.25) is 5.91 Å². The number of carbonyl (C=O) groups excluding carboxylic acids is 1. The van der Waals surface area contributed by atoms with Crippen LogP contribution in [0.15, 0.2) is 0 Å². The van der Waals surface area contributed by atoms with Gasteiger partial charge in [0.25, 0.3) is 0 Å². The number of nitrogens with two attached hydrogens (primary N) is 1. The highest BCUT2D eigenvalue weighted by molar-refractivity contribution is 5.87. The number of amides is 1. The van der Waals surface area contributed by atoms with E-state index in [-0.39, 0.29) is 18.9 Å². The number of carbonyl (C=O) groups is 2. The van der Waals surface area contributed by atoms with Crippen molar-refractivity contribution in [3.05, 3.63) is 0 Å². The highest BCUT2D eigenvalue weighted by Gasteiger charge is 2.40. The molecule has 1 fully saturated rings. The van der Waals surface area contributed by atoms with Gasteiger partial charge < -0.3 is 20.8 Å². The predicted molar refractivity (Wildman–Crippen MR) is 56.6 cm³/mol. The molecule has 0 spiro atoms. The number of likely N-dealkylation sites (tertiary alicyclic amines) is 1. The van der Waals surface area contributed by atoms with E-state index in [1.807, 2.05) is 6.92 Å². The number of carboxylic acid groups (broad SMARTS) is 1. The lowest BCUT2D eigenvalue weighted by molar-refractivity contribution is -0.148. The van der Waals surface area contributed by atoms with Crippen molar-refractivity contribution >= 4 is 11.9 Å². The van der Waals surface area contributed by atoms with E-state index in [0.717, 1.165) is 6.42 Å². The molecule has 0 aromatic heterocycles. The van der Waals surface area contributed by atoms with Gasteiger partial charge >= 0.3 is 5.97 Å². The maximum Gasteiger partial charge on any atom is 0.326 e. The maximum absolute atomic E-state index is 11.8. The Morgan fingerprint density at radius 3 is 2.69 bits per heavy atom. The Kier molecular flexibility index (Phi) is 4.26. The summed E-state index contributed by atoms with van der Waals surface area (Å²) in [6.45, 7) is 1.97. The molecule has 0 aromatic carbocycles. The molecule has 6 heteroatoms. The van der Waals surface area contributed by atoms with Crippen LogP contribution in [0.3, 0.4) is 0 Å². The van der Waals surface area contributed by atoms with Crippen molar-refractivity contribution in [2.45, 2.75) is 44.4 Å². The van der Waals surface area contributed by atoms with Crippen LogP contribution in [0.5, 0.6) is 0 Å². The lowest BCUT2D eigenvalue weighted by atomic mass is 10.1.